The Morgan fingerprint density at radius 1 is 1.50 bits per heavy atom. The fourth-order valence-corrected chi connectivity index (χ4v) is 2.46. The zero-order chi connectivity index (χ0) is 11.8. The number of amidine groups is 1. The van der Waals surface area contributed by atoms with Gasteiger partial charge in [0.1, 0.15) is 0 Å². The molecule has 1 aliphatic rings. The van der Waals surface area contributed by atoms with Crippen LogP contribution in [0.25, 0.3) is 0 Å². The Kier molecular flexibility index (Phi) is 6.88. The van der Waals surface area contributed by atoms with E-state index in [1.807, 2.05) is 11.8 Å². The van der Waals surface area contributed by atoms with Crippen molar-refractivity contribution >= 4 is 16.9 Å². The summed E-state index contributed by atoms with van der Waals surface area (Å²) < 4.78 is 5.48. The third-order valence-corrected chi connectivity index (χ3v) is 4.08. The summed E-state index contributed by atoms with van der Waals surface area (Å²) in [5.74, 6) is 0.703. The smallest absolute Gasteiger partial charge is 0.157 e. The number of ether oxygens (including phenoxy) is 1. The Balaban J connectivity index is 1.98. The molecule has 1 unspecified atom stereocenters. The molecule has 0 aromatic rings. The second-order valence-corrected chi connectivity index (χ2v) is 5.67. The molecule has 4 heteroatoms. The molecule has 16 heavy (non-hydrogen) atoms. The van der Waals surface area contributed by atoms with Crippen molar-refractivity contribution in [2.75, 3.05) is 26.3 Å². The standard InChI is InChI=1S/C12H24N2OS/c1-4-5-7-15-8-6-13-12-14-9-11(16-12)10(2)3/h10-11H,4-9H2,1-3H3,(H,13,14). The van der Waals surface area contributed by atoms with Gasteiger partial charge in [0.25, 0.3) is 0 Å². The summed E-state index contributed by atoms with van der Waals surface area (Å²) in [4.78, 5) is 4.49. The maximum absolute atomic E-state index is 5.48. The summed E-state index contributed by atoms with van der Waals surface area (Å²) in [5, 5.41) is 5.08. The van der Waals surface area contributed by atoms with Gasteiger partial charge in [-0.15, -0.1) is 0 Å². The Morgan fingerprint density at radius 2 is 2.31 bits per heavy atom. The fraction of sp³-hybridized carbons (Fsp3) is 0.917. The highest BCUT2D eigenvalue weighted by atomic mass is 32.2. The lowest BCUT2D eigenvalue weighted by Crippen LogP contribution is -2.24. The molecule has 3 nitrogen and oxygen atoms in total. The van der Waals surface area contributed by atoms with E-state index in [0.29, 0.717) is 11.2 Å². The highest BCUT2D eigenvalue weighted by Crippen LogP contribution is 2.25. The van der Waals surface area contributed by atoms with E-state index in [4.69, 9.17) is 4.74 Å². The van der Waals surface area contributed by atoms with Crippen molar-refractivity contribution in [1.29, 1.82) is 0 Å². The maximum atomic E-state index is 5.48. The fourth-order valence-electron chi connectivity index (χ4n) is 1.41. The molecular weight excluding hydrogens is 220 g/mol. The van der Waals surface area contributed by atoms with Gasteiger partial charge in [-0.3, -0.25) is 4.99 Å². The molecule has 0 fully saturated rings. The lowest BCUT2D eigenvalue weighted by Gasteiger charge is -2.12. The Hall–Kier alpha value is -0.220. The van der Waals surface area contributed by atoms with Crippen LogP contribution in [0.2, 0.25) is 0 Å². The molecule has 0 spiro atoms. The molecule has 0 saturated carbocycles. The number of rotatable bonds is 7. The van der Waals surface area contributed by atoms with E-state index in [-0.39, 0.29) is 0 Å². The number of nitrogens with one attached hydrogen (secondary N) is 1. The van der Waals surface area contributed by atoms with E-state index in [1.165, 1.54) is 6.42 Å². The molecule has 0 aromatic carbocycles. The van der Waals surface area contributed by atoms with E-state index in [2.05, 4.69) is 31.1 Å². The van der Waals surface area contributed by atoms with E-state index in [0.717, 1.165) is 37.9 Å². The predicted molar refractivity (Wildman–Crippen MR) is 72.2 cm³/mol. The summed E-state index contributed by atoms with van der Waals surface area (Å²) in [7, 11) is 0. The van der Waals surface area contributed by atoms with E-state index < -0.39 is 0 Å². The number of aliphatic imine (C=N–C) groups is 1. The third kappa shape index (κ3) is 5.21. The van der Waals surface area contributed by atoms with Gasteiger partial charge in [-0.05, 0) is 12.3 Å². The second kappa shape index (κ2) is 7.96. The first-order valence-corrected chi connectivity index (χ1v) is 7.14. The lowest BCUT2D eigenvalue weighted by molar-refractivity contribution is 0.136. The van der Waals surface area contributed by atoms with Gasteiger partial charge >= 0.3 is 0 Å². The quantitative estimate of drug-likeness (QED) is 0.699. The van der Waals surface area contributed by atoms with Crippen LogP contribution < -0.4 is 5.32 Å². The van der Waals surface area contributed by atoms with Crippen LogP contribution >= 0.6 is 11.8 Å². The number of nitrogens with zero attached hydrogens (tertiary/aromatic N) is 1. The zero-order valence-electron chi connectivity index (χ0n) is 10.7. The third-order valence-electron chi connectivity index (χ3n) is 2.59. The van der Waals surface area contributed by atoms with Crippen molar-refractivity contribution < 1.29 is 4.74 Å². The highest BCUT2D eigenvalue weighted by molar-refractivity contribution is 8.14. The predicted octanol–water partition coefficient (Wildman–Crippen LogP) is 2.52. The molecule has 1 N–H and O–H groups in total. The van der Waals surface area contributed by atoms with Crippen LogP contribution in [0, 0.1) is 5.92 Å². The van der Waals surface area contributed by atoms with E-state index in [9.17, 15) is 0 Å². The van der Waals surface area contributed by atoms with Crippen molar-refractivity contribution in [1.82, 2.24) is 5.32 Å². The monoisotopic (exact) mass is 244 g/mol. The highest BCUT2D eigenvalue weighted by Gasteiger charge is 2.21. The molecular formula is C12H24N2OS. The Morgan fingerprint density at radius 3 is 2.94 bits per heavy atom. The van der Waals surface area contributed by atoms with Gasteiger partial charge in [0.2, 0.25) is 0 Å². The topological polar surface area (TPSA) is 33.6 Å². The first kappa shape index (κ1) is 13.8. The van der Waals surface area contributed by atoms with Gasteiger partial charge in [0.15, 0.2) is 5.17 Å². The molecule has 0 bridgehead atoms. The van der Waals surface area contributed by atoms with Crippen LogP contribution in [0.4, 0.5) is 0 Å². The van der Waals surface area contributed by atoms with Gasteiger partial charge in [0.05, 0.1) is 13.2 Å². The average Bonchev–Trinajstić information content (AvgIpc) is 2.72. The van der Waals surface area contributed by atoms with Crippen LogP contribution in [0.3, 0.4) is 0 Å². The van der Waals surface area contributed by atoms with E-state index in [1.54, 1.807) is 0 Å². The first-order chi connectivity index (χ1) is 7.74. The summed E-state index contributed by atoms with van der Waals surface area (Å²) in [6.07, 6.45) is 2.36. The van der Waals surface area contributed by atoms with Gasteiger partial charge in [-0.2, -0.15) is 0 Å². The second-order valence-electron chi connectivity index (χ2n) is 4.44. The summed E-state index contributed by atoms with van der Waals surface area (Å²) >= 11 is 1.87. The summed E-state index contributed by atoms with van der Waals surface area (Å²) in [6.45, 7) is 10.2. The van der Waals surface area contributed by atoms with Crippen molar-refractivity contribution in [2.24, 2.45) is 10.9 Å². The van der Waals surface area contributed by atoms with Gasteiger partial charge in [0, 0.05) is 18.4 Å². The summed E-state index contributed by atoms with van der Waals surface area (Å²) in [6, 6.07) is 0. The molecule has 0 radical (unpaired) electrons. The van der Waals surface area contributed by atoms with Gasteiger partial charge in [-0.1, -0.05) is 39.0 Å². The molecule has 94 valence electrons. The maximum Gasteiger partial charge on any atom is 0.157 e. The van der Waals surface area contributed by atoms with Crippen molar-refractivity contribution in [3.63, 3.8) is 0 Å². The first-order valence-electron chi connectivity index (χ1n) is 6.26. The molecule has 1 atom stereocenters. The molecule has 1 rings (SSSR count). The minimum absolute atomic E-state index is 0.656. The van der Waals surface area contributed by atoms with Crippen LogP contribution in [0.15, 0.2) is 4.99 Å². The molecule has 1 aliphatic heterocycles. The lowest BCUT2D eigenvalue weighted by atomic mass is 10.1. The largest absolute Gasteiger partial charge is 0.380 e. The number of hydrogen-bond donors (Lipinski definition) is 1. The molecule has 0 aliphatic carbocycles. The Labute approximate surface area is 103 Å². The van der Waals surface area contributed by atoms with Crippen molar-refractivity contribution in [2.45, 2.75) is 38.9 Å². The summed E-state index contributed by atoms with van der Waals surface area (Å²) in [5.41, 5.74) is 0. The van der Waals surface area contributed by atoms with Crippen molar-refractivity contribution in [3.05, 3.63) is 0 Å². The minimum Gasteiger partial charge on any atom is -0.380 e. The SMILES string of the molecule is CCCCOCCNC1=NCC(C(C)C)S1. The van der Waals surface area contributed by atoms with Gasteiger partial charge in [-0.25, -0.2) is 0 Å². The minimum atomic E-state index is 0.656. The van der Waals surface area contributed by atoms with Crippen LogP contribution in [0.5, 0.6) is 0 Å². The number of unbranched alkanes of at least 4 members (excludes halogenated alkanes) is 1. The normalized spacial score (nSPS) is 20.2. The van der Waals surface area contributed by atoms with Crippen LogP contribution in [0.1, 0.15) is 33.6 Å². The number of hydrogen-bond acceptors (Lipinski definition) is 4. The van der Waals surface area contributed by atoms with Gasteiger partial charge < -0.3 is 10.1 Å². The molecule has 1 heterocycles. The number of thioether (sulfide) groups is 1. The van der Waals surface area contributed by atoms with Crippen LogP contribution in [-0.4, -0.2) is 36.7 Å². The van der Waals surface area contributed by atoms with E-state index >= 15 is 0 Å². The molecule has 0 amide bonds. The van der Waals surface area contributed by atoms with Crippen molar-refractivity contribution in [3.8, 4) is 0 Å². The Bertz CT molecular complexity index is 219. The zero-order valence-corrected chi connectivity index (χ0v) is 11.5. The molecule has 0 saturated heterocycles. The average molecular weight is 244 g/mol. The van der Waals surface area contributed by atoms with Crippen LogP contribution in [-0.2, 0) is 4.74 Å². The molecule has 0 aromatic heterocycles.